The van der Waals surface area contributed by atoms with E-state index in [0.717, 1.165) is 6.42 Å². The molecule has 0 saturated carbocycles. The molecule has 23 heavy (non-hydrogen) atoms. The quantitative estimate of drug-likeness (QED) is 0.841. The van der Waals surface area contributed by atoms with E-state index >= 15 is 0 Å². The van der Waals surface area contributed by atoms with Crippen LogP contribution in [0.2, 0.25) is 0 Å². The summed E-state index contributed by atoms with van der Waals surface area (Å²) >= 11 is 0. The fourth-order valence-electron chi connectivity index (χ4n) is 2.85. The molecule has 0 aliphatic carbocycles. The molecule has 0 N–H and O–H groups in total. The highest BCUT2D eigenvalue weighted by Gasteiger charge is 2.41. The van der Waals surface area contributed by atoms with Crippen molar-refractivity contribution in [1.82, 2.24) is 19.6 Å². The Kier molecular flexibility index (Phi) is 4.01. The molecule has 8 nitrogen and oxygen atoms in total. The molecule has 1 aliphatic rings. The molecule has 2 aromatic rings. The Bertz CT molecular complexity index is 789. The maximum Gasteiger partial charge on any atom is 0.249 e. The molecule has 0 radical (unpaired) electrons. The molecule has 3 heterocycles. The van der Waals surface area contributed by atoms with Gasteiger partial charge in [0.2, 0.25) is 15.9 Å². The highest BCUT2D eigenvalue weighted by molar-refractivity contribution is 7.89. The molecular formula is C14H20N4O4S. The van der Waals surface area contributed by atoms with Crippen molar-refractivity contribution in [1.29, 1.82) is 0 Å². The number of hydrogen-bond donors (Lipinski definition) is 0. The van der Waals surface area contributed by atoms with Gasteiger partial charge in [-0.2, -0.15) is 9.29 Å². The number of nitrogens with zero attached hydrogens (tertiary/aromatic N) is 4. The molecule has 3 rings (SSSR count). The van der Waals surface area contributed by atoms with Crippen LogP contribution in [-0.4, -0.2) is 34.6 Å². The zero-order valence-corrected chi connectivity index (χ0v) is 14.4. The predicted octanol–water partition coefficient (Wildman–Crippen LogP) is 2.32. The largest absolute Gasteiger partial charge is 0.360 e. The van der Waals surface area contributed by atoms with Crippen LogP contribution in [0.1, 0.15) is 61.8 Å². The summed E-state index contributed by atoms with van der Waals surface area (Å²) in [5.74, 6) is 1.35. The summed E-state index contributed by atoms with van der Waals surface area (Å²) in [5.41, 5.74) is 0.363. The lowest BCUT2D eigenvalue weighted by Gasteiger charge is -2.21. The van der Waals surface area contributed by atoms with E-state index in [0.29, 0.717) is 36.1 Å². The van der Waals surface area contributed by atoms with Gasteiger partial charge in [0, 0.05) is 12.5 Å². The highest BCUT2D eigenvalue weighted by atomic mass is 32.2. The number of rotatable bonds is 4. The second-order valence-corrected chi connectivity index (χ2v) is 7.90. The molecule has 1 saturated heterocycles. The standard InChI is InChI=1S/C14H20N4O4S/c1-8(2)13-15-14(22-17-13)11-6-5-7-18(11)23(19,20)12-9(3)16-21-10(12)4/h8,11H,5-7H2,1-4H3/t11-/m0/s1. The van der Waals surface area contributed by atoms with E-state index < -0.39 is 16.1 Å². The van der Waals surface area contributed by atoms with E-state index in [1.807, 2.05) is 13.8 Å². The van der Waals surface area contributed by atoms with Crippen LogP contribution in [0, 0.1) is 13.8 Å². The van der Waals surface area contributed by atoms with Crippen LogP contribution in [-0.2, 0) is 10.0 Å². The van der Waals surface area contributed by atoms with Gasteiger partial charge in [-0.25, -0.2) is 8.42 Å². The first-order valence-electron chi connectivity index (χ1n) is 7.60. The fraction of sp³-hybridized carbons (Fsp3) is 0.643. The molecule has 0 bridgehead atoms. The minimum atomic E-state index is -3.72. The van der Waals surface area contributed by atoms with Crippen molar-refractivity contribution >= 4 is 10.0 Å². The van der Waals surface area contributed by atoms with Gasteiger partial charge in [-0.05, 0) is 26.7 Å². The second-order valence-electron chi connectivity index (χ2n) is 6.07. The molecule has 126 valence electrons. The summed E-state index contributed by atoms with van der Waals surface area (Å²) in [6.07, 6.45) is 1.40. The van der Waals surface area contributed by atoms with E-state index in [4.69, 9.17) is 9.05 Å². The lowest BCUT2D eigenvalue weighted by molar-refractivity contribution is 0.288. The van der Waals surface area contributed by atoms with Crippen molar-refractivity contribution in [3.05, 3.63) is 23.2 Å². The van der Waals surface area contributed by atoms with Crippen LogP contribution < -0.4 is 0 Å². The number of aryl methyl sites for hydroxylation is 2. The monoisotopic (exact) mass is 340 g/mol. The average molecular weight is 340 g/mol. The van der Waals surface area contributed by atoms with Crippen molar-refractivity contribution in [3.63, 3.8) is 0 Å². The first-order valence-corrected chi connectivity index (χ1v) is 9.04. The molecular weight excluding hydrogens is 320 g/mol. The first-order chi connectivity index (χ1) is 10.8. The van der Waals surface area contributed by atoms with Crippen LogP contribution in [0.4, 0.5) is 0 Å². The van der Waals surface area contributed by atoms with Crippen LogP contribution in [0.3, 0.4) is 0 Å². The number of hydrogen-bond acceptors (Lipinski definition) is 7. The van der Waals surface area contributed by atoms with Gasteiger partial charge >= 0.3 is 0 Å². The minimum Gasteiger partial charge on any atom is -0.360 e. The smallest absolute Gasteiger partial charge is 0.249 e. The van der Waals surface area contributed by atoms with Gasteiger partial charge in [0.15, 0.2) is 11.6 Å². The lowest BCUT2D eigenvalue weighted by atomic mass is 10.2. The van der Waals surface area contributed by atoms with Crippen LogP contribution in [0.15, 0.2) is 13.9 Å². The third-order valence-electron chi connectivity index (χ3n) is 4.00. The normalized spacial score (nSPS) is 19.8. The first kappa shape index (κ1) is 16.1. The van der Waals surface area contributed by atoms with Gasteiger partial charge in [-0.1, -0.05) is 24.2 Å². The number of sulfonamides is 1. The molecule has 0 unspecified atom stereocenters. The summed E-state index contributed by atoms with van der Waals surface area (Å²) < 4.78 is 37.7. The molecule has 1 atom stereocenters. The van der Waals surface area contributed by atoms with E-state index in [9.17, 15) is 8.42 Å². The van der Waals surface area contributed by atoms with Gasteiger partial charge in [0.05, 0.1) is 0 Å². The Morgan fingerprint density at radius 2 is 1.96 bits per heavy atom. The average Bonchev–Trinajstić information content (AvgIpc) is 3.17. The summed E-state index contributed by atoms with van der Waals surface area (Å²) in [7, 11) is -3.72. The van der Waals surface area contributed by atoms with Gasteiger partial charge in [0.25, 0.3) is 0 Å². The number of aromatic nitrogens is 3. The SMILES string of the molecule is Cc1noc(C)c1S(=O)(=O)N1CCC[C@H]1c1nc(C(C)C)no1. The Morgan fingerprint density at radius 3 is 2.52 bits per heavy atom. The maximum absolute atomic E-state index is 13.0. The summed E-state index contributed by atoms with van der Waals surface area (Å²) in [6.45, 7) is 7.55. The van der Waals surface area contributed by atoms with Crippen LogP contribution >= 0.6 is 0 Å². The molecule has 0 spiro atoms. The van der Waals surface area contributed by atoms with Crippen molar-refractivity contribution in [2.75, 3.05) is 6.54 Å². The van der Waals surface area contributed by atoms with Crippen molar-refractivity contribution in [3.8, 4) is 0 Å². The van der Waals surface area contributed by atoms with E-state index in [2.05, 4.69) is 15.3 Å². The van der Waals surface area contributed by atoms with Gasteiger partial charge in [-0.3, -0.25) is 0 Å². The van der Waals surface area contributed by atoms with Gasteiger partial charge in [0.1, 0.15) is 16.6 Å². The Hall–Kier alpha value is -1.74. The lowest BCUT2D eigenvalue weighted by Crippen LogP contribution is -2.31. The zero-order chi connectivity index (χ0) is 16.8. The molecule has 9 heteroatoms. The summed E-state index contributed by atoms with van der Waals surface area (Å²) in [4.78, 5) is 4.49. The van der Waals surface area contributed by atoms with Gasteiger partial charge in [-0.15, -0.1) is 0 Å². The van der Waals surface area contributed by atoms with Crippen molar-refractivity contribution < 1.29 is 17.5 Å². The van der Waals surface area contributed by atoms with Crippen LogP contribution in [0.5, 0.6) is 0 Å². The van der Waals surface area contributed by atoms with E-state index in [1.165, 1.54) is 4.31 Å². The molecule has 2 aromatic heterocycles. The Labute approximate surface area is 134 Å². The Morgan fingerprint density at radius 1 is 1.22 bits per heavy atom. The van der Waals surface area contributed by atoms with Crippen LogP contribution in [0.25, 0.3) is 0 Å². The summed E-state index contributed by atoms with van der Waals surface area (Å²) in [6, 6.07) is -0.436. The highest BCUT2D eigenvalue weighted by Crippen LogP contribution is 2.37. The third-order valence-corrected chi connectivity index (χ3v) is 6.15. The van der Waals surface area contributed by atoms with Crippen molar-refractivity contribution in [2.24, 2.45) is 0 Å². The molecule has 0 amide bonds. The third kappa shape index (κ3) is 2.67. The van der Waals surface area contributed by atoms with Crippen molar-refractivity contribution in [2.45, 2.75) is 57.4 Å². The molecule has 1 aliphatic heterocycles. The van der Waals surface area contributed by atoms with E-state index in [1.54, 1.807) is 13.8 Å². The van der Waals surface area contributed by atoms with E-state index in [-0.39, 0.29) is 10.8 Å². The Balaban J connectivity index is 1.98. The second kappa shape index (κ2) is 5.72. The molecule has 1 fully saturated rings. The maximum atomic E-state index is 13.0. The topological polar surface area (TPSA) is 102 Å². The predicted molar refractivity (Wildman–Crippen MR) is 80.2 cm³/mol. The fourth-order valence-corrected chi connectivity index (χ4v) is 4.80. The summed E-state index contributed by atoms with van der Waals surface area (Å²) in [5, 5.41) is 7.68. The van der Waals surface area contributed by atoms with Gasteiger partial charge < -0.3 is 9.05 Å². The zero-order valence-electron chi connectivity index (χ0n) is 13.6. The minimum absolute atomic E-state index is 0.126. The molecule has 0 aromatic carbocycles.